The number of rotatable bonds is 6. The lowest BCUT2D eigenvalue weighted by molar-refractivity contribution is -0.168. The van der Waals surface area contributed by atoms with E-state index in [0.717, 1.165) is 52.7 Å². The predicted molar refractivity (Wildman–Crippen MR) is 317 cm³/mol. The molecule has 81 heavy (non-hydrogen) atoms. The summed E-state index contributed by atoms with van der Waals surface area (Å²) in [6.07, 6.45) is 15.1. The molecule has 11 unspecified atom stereocenters. The van der Waals surface area contributed by atoms with Crippen LogP contribution in [0.15, 0.2) is 130 Å². The molecule has 3 fully saturated rings. The molecule has 3 heterocycles. The lowest BCUT2D eigenvalue weighted by Gasteiger charge is -2.56. The van der Waals surface area contributed by atoms with E-state index in [2.05, 4.69) is 40.1 Å². The molecule has 1 spiro atoms. The van der Waals surface area contributed by atoms with Gasteiger partial charge in [0, 0.05) is 43.2 Å². The van der Waals surface area contributed by atoms with Gasteiger partial charge in [-0.1, -0.05) is 127 Å². The first-order valence-electron chi connectivity index (χ1n) is 29.5. The average Bonchev–Trinajstić information content (AvgIpc) is 4.25. The summed E-state index contributed by atoms with van der Waals surface area (Å²) in [6.45, 7) is 8.62. The van der Waals surface area contributed by atoms with Gasteiger partial charge in [-0.2, -0.15) is 0 Å². The van der Waals surface area contributed by atoms with Gasteiger partial charge in [-0.05, 0) is 165 Å². The molecule has 432 valence electrons. The van der Waals surface area contributed by atoms with Crippen molar-refractivity contribution < 1.29 is 39.9 Å². The molecule has 3 aliphatic heterocycles. The number of phenolic OH excluding ortho intramolecular Hbond substituents is 1. The lowest BCUT2D eigenvalue weighted by Crippen LogP contribution is -2.59. The molecule has 6 aliphatic rings. The number of aliphatic hydroxyl groups is 4. The number of carbonyl (C=O) groups is 2. The van der Waals surface area contributed by atoms with E-state index in [-0.39, 0.29) is 56.1 Å². The van der Waals surface area contributed by atoms with Gasteiger partial charge >= 0.3 is 0 Å². The Morgan fingerprint density at radius 1 is 0.926 bits per heavy atom. The van der Waals surface area contributed by atoms with Crippen LogP contribution in [-0.2, 0) is 33.6 Å². The molecule has 13 N–H and O–H groups in total. The number of amides is 1. The number of aromatic hydroxyl groups is 1. The largest absolute Gasteiger partial charge is 0.508 e. The number of ketones is 1. The van der Waals surface area contributed by atoms with E-state index in [1.165, 1.54) is 31.3 Å². The van der Waals surface area contributed by atoms with Crippen molar-refractivity contribution in [3.05, 3.63) is 159 Å². The second-order valence-corrected chi connectivity index (χ2v) is 24.2. The molecule has 14 heteroatoms. The first-order chi connectivity index (χ1) is 38.9. The van der Waals surface area contributed by atoms with Crippen LogP contribution in [-0.4, -0.2) is 93.4 Å². The third-order valence-corrected chi connectivity index (χ3v) is 19.2. The van der Waals surface area contributed by atoms with Crippen molar-refractivity contribution in [3.8, 4) is 17.6 Å². The zero-order valence-electron chi connectivity index (χ0n) is 47.4. The first-order valence-corrected chi connectivity index (χ1v) is 29.5. The van der Waals surface area contributed by atoms with Crippen LogP contribution in [0.2, 0.25) is 0 Å². The van der Waals surface area contributed by atoms with Crippen molar-refractivity contribution in [2.45, 2.75) is 159 Å². The van der Waals surface area contributed by atoms with Gasteiger partial charge < -0.3 is 52.8 Å². The number of nitrogens with one attached hydrogen (secondary N) is 2. The molecule has 0 radical (unpaired) electrons. The quantitative estimate of drug-likeness (QED) is 0.0491. The van der Waals surface area contributed by atoms with Crippen LogP contribution in [0.1, 0.15) is 149 Å². The highest BCUT2D eigenvalue weighted by Crippen LogP contribution is 2.63. The number of Topliss-reactive ketones (excluding diaryl/α,β-unsaturated/α-hetero) is 1. The van der Waals surface area contributed by atoms with Crippen molar-refractivity contribution in [1.82, 2.24) is 10.6 Å². The molecule has 3 aromatic carbocycles. The van der Waals surface area contributed by atoms with Crippen LogP contribution in [0.5, 0.6) is 5.75 Å². The maximum atomic E-state index is 15.2. The third kappa shape index (κ3) is 13.5. The van der Waals surface area contributed by atoms with Crippen LogP contribution in [0.3, 0.4) is 0 Å². The third-order valence-electron chi connectivity index (χ3n) is 19.2. The SMILES string of the molecule is C=C1C=CC=C(C2CCC3(C4CCC(O)Cc5cccc(c5)CC(C(CN=C(N)N)c5ccc(O)cc5)C(O)CNC5C(=O)NC(N)c6cccc(c65)CC(=O)C(C)=C4CCC3(C)O)C2O)COCC#CCC(C2CCCC2)=CCC1. The molecule has 0 saturated heterocycles. The molecule has 9 rings (SSSR count). The van der Waals surface area contributed by atoms with Gasteiger partial charge in [0.2, 0.25) is 5.91 Å². The number of benzene rings is 3. The Labute approximate surface area is 478 Å². The Morgan fingerprint density at radius 3 is 2.44 bits per heavy atom. The summed E-state index contributed by atoms with van der Waals surface area (Å²) >= 11 is 0. The van der Waals surface area contributed by atoms with Crippen molar-refractivity contribution in [3.63, 3.8) is 0 Å². The number of nitrogens with two attached hydrogens (primary N) is 3. The normalized spacial score (nSPS) is 30.8. The van der Waals surface area contributed by atoms with Crippen LogP contribution >= 0.6 is 0 Å². The van der Waals surface area contributed by atoms with Crippen molar-refractivity contribution in [1.29, 1.82) is 0 Å². The van der Waals surface area contributed by atoms with E-state index in [0.29, 0.717) is 79.5 Å². The topological polar surface area (TPSA) is 259 Å². The van der Waals surface area contributed by atoms with Gasteiger partial charge in [0.15, 0.2) is 11.7 Å². The second kappa shape index (κ2) is 26.4. The van der Waals surface area contributed by atoms with E-state index in [4.69, 9.17) is 21.9 Å². The van der Waals surface area contributed by atoms with Crippen LogP contribution in [0, 0.1) is 40.9 Å². The zero-order chi connectivity index (χ0) is 57.4. The Bertz CT molecular complexity index is 2990. The summed E-state index contributed by atoms with van der Waals surface area (Å²) in [4.78, 5) is 33.8. The second-order valence-electron chi connectivity index (χ2n) is 24.2. The number of aliphatic hydroxyl groups excluding tert-OH is 3. The van der Waals surface area contributed by atoms with Crippen LogP contribution in [0.25, 0.3) is 0 Å². The number of phenols is 1. The Hall–Kier alpha value is -6.15. The summed E-state index contributed by atoms with van der Waals surface area (Å²) in [5.74, 6) is 4.76. The molecule has 3 saturated carbocycles. The number of β-amino-alcohol motifs (C(OH)–C–C–N with tert-alkyl or cyclic N) is 1. The number of carbonyl (C=O) groups excluding carboxylic acids is 2. The minimum absolute atomic E-state index is 0.0495. The Morgan fingerprint density at radius 2 is 1.68 bits per heavy atom. The maximum Gasteiger partial charge on any atom is 0.243 e. The highest BCUT2D eigenvalue weighted by atomic mass is 16.5. The van der Waals surface area contributed by atoms with Gasteiger partial charge in [0.05, 0.1) is 30.5 Å². The molecule has 1 amide bonds. The summed E-state index contributed by atoms with van der Waals surface area (Å²) in [6, 6.07) is 19.2. The minimum Gasteiger partial charge on any atom is -0.508 e. The van der Waals surface area contributed by atoms with E-state index < -0.39 is 65.2 Å². The molecular weight excluding hydrogens is 1020 g/mol. The van der Waals surface area contributed by atoms with Crippen molar-refractivity contribution in [2.75, 3.05) is 26.3 Å². The number of nitrogens with zero attached hydrogens (tertiary/aromatic N) is 1. The Balaban J connectivity index is 1.08. The highest BCUT2D eigenvalue weighted by Gasteiger charge is 2.64. The number of allylic oxidation sites excluding steroid dienone is 8. The monoisotopic (exact) mass is 1100 g/mol. The number of guanidine groups is 1. The standard InChI is InChI=1S/C67H86N6O8/c1-41-12-8-19-46(45-16-4-5-17-45)18-6-7-33-81-40-49(21-9-13-41)53-30-32-67(62(53)78)57-28-27-51(75)35-43-14-10-15-44(34-43)36-55(56(38-72-65(69)70)47-23-25-50(74)26-24-47)59(77)39-71-61-60-48(20-11-22-54(60)63(68)73-64(61)79)37-58(76)42(2)52(57)29-31-66(67,3)80/h9-11,13-15,19-26,34,45,51,53,55-57,59,61-63,71,74-75,77-78,80H,1,4-5,8,12,16-18,27-33,35-40,68H2,2-3H3,(H,73,79)(H4,69,70,72). The highest BCUT2D eigenvalue weighted by molar-refractivity contribution is 5.98. The first kappa shape index (κ1) is 59.5. The van der Waals surface area contributed by atoms with Gasteiger partial charge in [-0.25, -0.2) is 0 Å². The fourth-order valence-electron chi connectivity index (χ4n) is 14.8. The lowest BCUT2D eigenvalue weighted by atomic mass is 9.52. The van der Waals surface area contributed by atoms with Crippen molar-refractivity contribution in [2.24, 2.45) is 51.3 Å². The number of hydrogen-bond donors (Lipinski definition) is 10. The number of ether oxygens (including phenoxy) is 1. The molecule has 3 aromatic rings. The van der Waals surface area contributed by atoms with Gasteiger partial charge in [-0.3, -0.25) is 19.9 Å². The number of aliphatic imine (C=N–C) groups is 1. The molecule has 3 aliphatic carbocycles. The molecule has 11 atom stereocenters. The average molecular weight is 1100 g/mol. The van der Waals surface area contributed by atoms with E-state index in [1.54, 1.807) is 24.3 Å². The Kier molecular flexibility index (Phi) is 19.4. The fraction of sp³-hybridized carbons (Fsp3) is 0.507. The van der Waals surface area contributed by atoms with Crippen molar-refractivity contribution >= 4 is 17.6 Å². The van der Waals surface area contributed by atoms with Gasteiger partial charge in [0.1, 0.15) is 24.6 Å². The minimum atomic E-state index is -1.35. The molecule has 2 bridgehead atoms. The smallest absolute Gasteiger partial charge is 0.243 e. The zero-order valence-corrected chi connectivity index (χ0v) is 47.4. The predicted octanol–water partition coefficient (Wildman–Crippen LogP) is 7.79. The van der Waals surface area contributed by atoms with E-state index >= 15 is 4.79 Å². The molecular formula is C67H86N6O8. The van der Waals surface area contributed by atoms with Gasteiger partial charge in [0.25, 0.3) is 0 Å². The van der Waals surface area contributed by atoms with Crippen LogP contribution < -0.4 is 27.8 Å². The summed E-state index contributed by atoms with van der Waals surface area (Å²) in [5, 5.41) is 67.4. The fourth-order valence-corrected chi connectivity index (χ4v) is 14.8. The van der Waals surface area contributed by atoms with E-state index in [9.17, 15) is 30.3 Å². The molecule has 14 nitrogen and oxygen atoms in total. The molecule has 0 aromatic heterocycles. The number of fused-ring (bicyclic) bond motifs is 4. The van der Waals surface area contributed by atoms with Gasteiger partial charge in [-0.15, -0.1) is 0 Å². The summed E-state index contributed by atoms with van der Waals surface area (Å²) in [5.41, 5.74) is 25.1. The van der Waals surface area contributed by atoms with Crippen LogP contribution in [0.4, 0.5) is 0 Å². The van der Waals surface area contributed by atoms with E-state index in [1.807, 2.05) is 74.5 Å². The number of hydrogen-bond acceptors (Lipinski definition) is 11. The summed E-state index contributed by atoms with van der Waals surface area (Å²) < 4.78 is 6.32. The summed E-state index contributed by atoms with van der Waals surface area (Å²) in [7, 11) is 0. The maximum absolute atomic E-state index is 15.2.